The van der Waals surface area contributed by atoms with Crippen molar-refractivity contribution in [1.82, 2.24) is 14.8 Å². The van der Waals surface area contributed by atoms with Crippen LogP contribution in [-0.2, 0) is 17.8 Å². The molecular weight excluding hydrogens is 246 g/mol. The summed E-state index contributed by atoms with van der Waals surface area (Å²) >= 11 is 1.72. The predicted molar refractivity (Wildman–Crippen MR) is 73.6 cm³/mol. The van der Waals surface area contributed by atoms with Crippen molar-refractivity contribution in [2.75, 3.05) is 20.6 Å². The zero-order chi connectivity index (χ0) is 13.1. The van der Waals surface area contributed by atoms with Crippen LogP contribution in [0.3, 0.4) is 0 Å². The van der Waals surface area contributed by atoms with Crippen molar-refractivity contribution in [2.45, 2.75) is 38.8 Å². The highest BCUT2D eigenvalue weighted by molar-refractivity contribution is 7.09. The van der Waals surface area contributed by atoms with Gasteiger partial charge in [0.1, 0.15) is 0 Å². The third-order valence-corrected chi connectivity index (χ3v) is 4.40. The Balaban J connectivity index is 2.01. The molecule has 1 aromatic heterocycles. The maximum atomic E-state index is 12.1. The molecule has 1 aromatic rings. The van der Waals surface area contributed by atoms with Gasteiger partial charge in [-0.2, -0.15) is 0 Å². The van der Waals surface area contributed by atoms with Gasteiger partial charge in [-0.05, 0) is 25.8 Å². The number of aryl methyl sites for hydroxylation is 1. The molecule has 0 saturated carbocycles. The van der Waals surface area contributed by atoms with Crippen LogP contribution < -0.4 is 0 Å². The molecule has 2 heterocycles. The highest BCUT2D eigenvalue weighted by Gasteiger charge is 2.31. The molecule has 1 aliphatic rings. The Morgan fingerprint density at radius 1 is 1.61 bits per heavy atom. The van der Waals surface area contributed by atoms with E-state index >= 15 is 0 Å². The van der Waals surface area contributed by atoms with Crippen LogP contribution in [0.15, 0.2) is 5.38 Å². The second-order valence-corrected chi connectivity index (χ2v) is 5.89. The summed E-state index contributed by atoms with van der Waals surface area (Å²) in [6, 6.07) is 0.0479. The maximum Gasteiger partial charge on any atom is 0.239 e. The van der Waals surface area contributed by atoms with Crippen LogP contribution in [0.5, 0.6) is 0 Å². The molecule has 0 aliphatic carbocycles. The van der Waals surface area contributed by atoms with Gasteiger partial charge in [0.05, 0.1) is 16.7 Å². The lowest BCUT2D eigenvalue weighted by molar-refractivity contribution is -0.133. The van der Waals surface area contributed by atoms with E-state index in [0.717, 1.165) is 38.0 Å². The molecule has 4 nitrogen and oxygen atoms in total. The number of amides is 1. The molecule has 1 saturated heterocycles. The van der Waals surface area contributed by atoms with Gasteiger partial charge in [0.2, 0.25) is 5.91 Å². The van der Waals surface area contributed by atoms with E-state index in [1.807, 2.05) is 14.1 Å². The summed E-state index contributed by atoms with van der Waals surface area (Å²) in [5.41, 5.74) is 1.11. The predicted octanol–water partition coefficient (Wildman–Crippen LogP) is 1.76. The molecule has 100 valence electrons. The summed E-state index contributed by atoms with van der Waals surface area (Å²) < 4.78 is 0. The highest BCUT2D eigenvalue weighted by atomic mass is 32.1. The van der Waals surface area contributed by atoms with Gasteiger partial charge in [-0.3, -0.25) is 9.69 Å². The molecule has 18 heavy (non-hydrogen) atoms. The second-order valence-electron chi connectivity index (χ2n) is 4.95. The van der Waals surface area contributed by atoms with Crippen LogP contribution in [-0.4, -0.2) is 47.4 Å². The largest absolute Gasteiger partial charge is 0.347 e. The van der Waals surface area contributed by atoms with Gasteiger partial charge in [-0.1, -0.05) is 6.92 Å². The van der Waals surface area contributed by atoms with E-state index in [0.29, 0.717) is 0 Å². The maximum absolute atomic E-state index is 12.1. The molecular formula is C13H21N3OS. The third-order valence-electron chi connectivity index (χ3n) is 3.36. The highest BCUT2D eigenvalue weighted by Crippen LogP contribution is 2.22. The molecule has 1 fully saturated rings. The topological polar surface area (TPSA) is 36.4 Å². The second kappa shape index (κ2) is 5.80. The minimum atomic E-state index is 0.0479. The number of carbonyl (C=O) groups is 1. The first-order chi connectivity index (χ1) is 8.61. The Hall–Kier alpha value is -0.940. The van der Waals surface area contributed by atoms with Gasteiger partial charge >= 0.3 is 0 Å². The number of nitrogens with zero attached hydrogens (tertiary/aromatic N) is 3. The van der Waals surface area contributed by atoms with E-state index in [1.54, 1.807) is 16.2 Å². The van der Waals surface area contributed by atoms with Crippen molar-refractivity contribution in [3.05, 3.63) is 16.1 Å². The lowest BCUT2D eigenvalue weighted by Crippen LogP contribution is -2.42. The number of hydrogen-bond donors (Lipinski definition) is 0. The van der Waals surface area contributed by atoms with Crippen LogP contribution in [0.4, 0.5) is 0 Å². The number of likely N-dealkylation sites (N-methyl/N-ethyl adjacent to an activating group) is 1. The first kappa shape index (κ1) is 13.5. The molecule has 1 unspecified atom stereocenters. The first-order valence-electron chi connectivity index (χ1n) is 6.50. The molecule has 0 spiro atoms. The summed E-state index contributed by atoms with van der Waals surface area (Å²) in [7, 11) is 3.66. The normalized spacial score (nSPS) is 20.3. The molecule has 0 aromatic carbocycles. The number of carbonyl (C=O) groups excluding carboxylic acids is 1. The van der Waals surface area contributed by atoms with E-state index in [9.17, 15) is 4.79 Å². The molecule has 1 atom stereocenters. The fraction of sp³-hybridized carbons (Fsp3) is 0.692. The van der Waals surface area contributed by atoms with Gasteiger partial charge < -0.3 is 4.90 Å². The van der Waals surface area contributed by atoms with Gasteiger partial charge in [-0.15, -0.1) is 11.3 Å². The smallest absolute Gasteiger partial charge is 0.239 e. The van der Waals surface area contributed by atoms with E-state index in [4.69, 9.17) is 0 Å². The molecule has 1 aliphatic heterocycles. The Bertz CT molecular complexity index is 416. The summed E-state index contributed by atoms with van der Waals surface area (Å²) in [5.74, 6) is 0.221. The van der Waals surface area contributed by atoms with E-state index in [1.165, 1.54) is 5.01 Å². The van der Waals surface area contributed by atoms with Gasteiger partial charge in [-0.25, -0.2) is 4.98 Å². The molecule has 1 amide bonds. The monoisotopic (exact) mass is 267 g/mol. The molecule has 0 bridgehead atoms. The van der Waals surface area contributed by atoms with E-state index in [-0.39, 0.29) is 11.9 Å². The summed E-state index contributed by atoms with van der Waals surface area (Å²) in [5, 5.41) is 3.30. The Labute approximate surface area is 113 Å². The Morgan fingerprint density at radius 3 is 3.00 bits per heavy atom. The summed E-state index contributed by atoms with van der Waals surface area (Å²) in [4.78, 5) is 20.6. The number of thiazole rings is 1. The van der Waals surface area contributed by atoms with Gasteiger partial charge in [0.15, 0.2) is 0 Å². The minimum Gasteiger partial charge on any atom is -0.347 e. The molecule has 2 rings (SSSR count). The summed E-state index contributed by atoms with van der Waals surface area (Å²) in [6.45, 7) is 3.93. The number of aromatic nitrogens is 1. The van der Waals surface area contributed by atoms with Gasteiger partial charge in [0, 0.05) is 26.0 Å². The fourth-order valence-corrected chi connectivity index (χ4v) is 3.12. The third kappa shape index (κ3) is 2.90. The van der Waals surface area contributed by atoms with Crippen LogP contribution in [0.1, 0.15) is 30.5 Å². The number of rotatable bonds is 4. The zero-order valence-electron chi connectivity index (χ0n) is 11.3. The van der Waals surface area contributed by atoms with Gasteiger partial charge in [0.25, 0.3) is 0 Å². The van der Waals surface area contributed by atoms with Crippen LogP contribution in [0, 0.1) is 0 Å². The van der Waals surface area contributed by atoms with E-state index in [2.05, 4.69) is 22.2 Å². The minimum absolute atomic E-state index is 0.0479. The van der Waals surface area contributed by atoms with Crippen molar-refractivity contribution in [1.29, 1.82) is 0 Å². The zero-order valence-corrected chi connectivity index (χ0v) is 12.2. The van der Waals surface area contributed by atoms with Crippen molar-refractivity contribution in [3.63, 3.8) is 0 Å². The summed E-state index contributed by atoms with van der Waals surface area (Å²) in [6.07, 6.45) is 3.07. The quantitative estimate of drug-likeness (QED) is 0.834. The standard InChI is InChI=1S/C13H21N3OS/c1-4-12-14-10(9-18-12)8-16-7-5-6-11(16)13(17)15(2)3/h9,11H,4-8H2,1-3H3. The molecule has 0 N–H and O–H groups in total. The van der Waals surface area contributed by atoms with Crippen LogP contribution >= 0.6 is 11.3 Å². The first-order valence-corrected chi connectivity index (χ1v) is 7.38. The number of likely N-dealkylation sites (tertiary alicyclic amines) is 1. The SMILES string of the molecule is CCc1nc(CN2CCCC2C(=O)N(C)C)cs1. The lowest BCUT2D eigenvalue weighted by atomic mass is 10.2. The van der Waals surface area contributed by atoms with Crippen molar-refractivity contribution in [2.24, 2.45) is 0 Å². The van der Waals surface area contributed by atoms with E-state index < -0.39 is 0 Å². The Kier molecular flexibility index (Phi) is 4.35. The van der Waals surface area contributed by atoms with Crippen molar-refractivity contribution < 1.29 is 4.79 Å². The average Bonchev–Trinajstić information content (AvgIpc) is 2.97. The van der Waals surface area contributed by atoms with Crippen LogP contribution in [0.2, 0.25) is 0 Å². The van der Waals surface area contributed by atoms with Crippen LogP contribution in [0.25, 0.3) is 0 Å². The van der Waals surface area contributed by atoms with Crippen molar-refractivity contribution >= 4 is 17.2 Å². The van der Waals surface area contributed by atoms with Crippen molar-refractivity contribution in [3.8, 4) is 0 Å². The average molecular weight is 267 g/mol. The number of hydrogen-bond acceptors (Lipinski definition) is 4. The Morgan fingerprint density at radius 2 is 2.39 bits per heavy atom. The molecule has 5 heteroatoms. The molecule has 0 radical (unpaired) electrons. The fourth-order valence-electron chi connectivity index (χ4n) is 2.39. The lowest BCUT2D eigenvalue weighted by Gasteiger charge is -2.25.